The molecule has 2 aromatic rings. The van der Waals surface area contributed by atoms with Crippen LogP contribution in [0.3, 0.4) is 0 Å². The normalized spacial score (nSPS) is 16.2. The highest BCUT2D eigenvalue weighted by Crippen LogP contribution is 2.31. The number of nitrogens with one attached hydrogen (secondary N) is 1. The van der Waals surface area contributed by atoms with Crippen LogP contribution in [0.2, 0.25) is 0 Å². The largest absolute Gasteiger partial charge is 0.452 e. The van der Waals surface area contributed by atoms with E-state index >= 15 is 0 Å². The molecule has 0 spiro atoms. The van der Waals surface area contributed by atoms with Gasteiger partial charge < -0.3 is 10.1 Å². The zero-order valence-electron chi connectivity index (χ0n) is 17.3. The molecule has 3 amide bonds. The zero-order chi connectivity index (χ0) is 22.0. The van der Waals surface area contributed by atoms with E-state index < -0.39 is 18.5 Å². The summed E-state index contributed by atoms with van der Waals surface area (Å²) in [6, 6.07) is 11.5. The van der Waals surface area contributed by atoms with E-state index in [9.17, 15) is 19.2 Å². The van der Waals surface area contributed by atoms with Crippen molar-refractivity contribution in [1.82, 2.24) is 4.90 Å². The number of aryl methyl sites for hydroxylation is 1. The van der Waals surface area contributed by atoms with Crippen LogP contribution in [0.4, 0.5) is 5.69 Å². The molecule has 0 bridgehead atoms. The van der Waals surface area contributed by atoms with Crippen LogP contribution in [0.15, 0.2) is 42.5 Å². The van der Waals surface area contributed by atoms with E-state index in [1.165, 1.54) is 23.1 Å². The predicted octanol–water partition coefficient (Wildman–Crippen LogP) is 3.72. The number of carbonyl (C=O) groups excluding carboxylic acids is 4. The van der Waals surface area contributed by atoms with E-state index in [1.807, 2.05) is 19.1 Å². The van der Waals surface area contributed by atoms with Crippen LogP contribution >= 0.6 is 0 Å². The SMILES string of the molecule is Cc1ccccc1NC(=O)COC(=O)c1ccc2c(c1)C(=O)N(C1CCCCC1)C2=O. The number of imide groups is 1. The third-order valence-electron chi connectivity index (χ3n) is 5.85. The number of nitrogens with zero attached hydrogens (tertiary/aromatic N) is 1. The standard InChI is InChI=1S/C24H24N2O5/c1-15-7-5-6-10-20(15)25-21(27)14-31-24(30)16-11-12-18-19(13-16)23(29)26(22(18)28)17-8-3-2-4-9-17/h5-7,10-13,17H,2-4,8-9,14H2,1H3,(H,25,27). The summed E-state index contributed by atoms with van der Waals surface area (Å²) in [7, 11) is 0. The van der Waals surface area contributed by atoms with Crippen LogP contribution in [-0.2, 0) is 9.53 Å². The molecule has 4 rings (SSSR count). The lowest BCUT2D eigenvalue weighted by Crippen LogP contribution is -2.40. The molecule has 160 valence electrons. The highest BCUT2D eigenvalue weighted by atomic mass is 16.5. The summed E-state index contributed by atoms with van der Waals surface area (Å²) in [4.78, 5) is 51.5. The average Bonchev–Trinajstić information content (AvgIpc) is 3.04. The Balaban J connectivity index is 1.41. The van der Waals surface area contributed by atoms with Gasteiger partial charge in [-0.1, -0.05) is 37.5 Å². The number of fused-ring (bicyclic) bond motifs is 1. The minimum absolute atomic E-state index is 0.0818. The molecule has 7 nitrogen and oxygen atoms in total. The predicted molar refractivity (Wildman–Crippen MR) is 114 cm³/mol. The molecule has 0 unspecified atom stereocenters. The second-order valence-corrected chi connectivity index (χ2v) is 7.97. The van der Waals surface area contributed by atoms with Crippen LogP contribution in [0.25, 0.3) is 0 Å². The Hall–Kier alpha value is -3.48. The van der Waals surface area contributed by atoms with Gasteiger partial charge in [-0.3, -0.25) is 19.3 Å². The Morgan fingerprint density at radius 2 is 1.71 bits per heavy atom. The highest BCUT2D eigenvalue weighted by molar-refractivity contribution is 6.22. The number of para-hydroxylation sites is 1. The summed E-state index contributed by atoms with van der Waals surface area (Å²) in [6.45, 7) is 1.41. The first-order chi connectivity index (χ1) is 15.0. The maximum Gasteiger partial charge on any atom is 0.338 e. The minimum atomic E-state index is -0.723. The topological polar surface area (TPSA) is 92.8 Å². The van der Waals surface area contributed by atoms with Gasteiger partial charge in [-0.2, -0.15) is 0 Å². The van der Waals surface area contributed by atoms with Crippen molar-refractivity contribution in [2.45, 2.75) is 45.1 Å². The van der Waals surface area contributed by atoms with Crippen LogP contribution in [-0.4, -0.2) is 41.2 Å². The molecule has 1 fully saturated rings. The van der Waals surface area contributed by atoms with E-state index in [-0.39, 0.29) is 29.0 Å². The Labute approximate surface area is 180 Å². The lowest BCUT2D eigenvalue weighted by molar-refractivity contribution is -0.119. The molecule has 2 aromatic carbocycles. The molecule has 1 heterocycles. The molecular weight excluding hydrogens is 396 g/mol. The summed E-state index contributed by atoms with van der Waals surface area (Å²) in [5.74, 6) is -1.85. The Bertz CT molecular complexity index is 1060. The second-order valence-electron chi connectivity index (χ2n) is 7.97. The van der Waals surface area contributed by atoms with Crippen molar-refractivity contribution >= 4 is 29.4 Å². The minimum Gasteiger partial charge on any atom is -0.452 e. The molecule has 1 saturated carbocycles. The third kappa shape index (κ3) is 4.21. The van der Waals surface area contributed by atoms with Crippen molar-refractivity contribution in [3.05, 3.63) is 64.7 Å². The van der Waals surface area contributed by atoms with Crippen molar-refractivity contribution in [2.75, 3.05) is 11.9 Å². The lowest BCUT2D eigenvalue weighted by atomic mass is 9.94. The quantitative estimate of drug-likeness (QED) is 0.588. The lowest BCUT2D eigenvalue weighted by Gasteiger charge is -2.29. The molecule has 7 heteroatoms. The Morgan fingerprint density at radius 1 is 1.00 bits per heavy atom. The summed E-state index contributed by atoms with van der Waals surface area (Å²) in [5, 5.41) is 2.69. The van der Waals surface area contributed by atoms with E-state index in [2.05, 4.69) is 5.32 Å². The first kappa shape index (κ1) is 20.8. The van der Waals surface area contributed by atoms with Crippen LogP contribution in [0, 0.1) is 6.92 Å². The van der Waals surface area contributed by atoms with Crippen molar-refractivity contribution in [3.8, 4) is 0 Å². The molecule has 0 atom stereocenters. The fourth-order valence-electron chi connectivity index (χ4n) is 4.17. The van der Waals surface area contributed by atoms with Gasteiger partial charge >= 0.3 is 5.97 Å². The molecule has 31 heavy (non-hydrogen) atoms. The zero-order valence-corrected chi connectivity index (χ0v) is 17.3. The number of esters is 1. The van der Waals surface area contributed by atoms with Crippen LogP contribution < -0.4 is 5.32 Å². The molecule has 1 aliphatic carbocycles. The van der Waals surface area contributed by atoms with Crippen LogP contribution in [0.5, 0.6) is 0 Å². The van der Waals surface area contributed by atoms with E-state index in [1.54, 1.807) is 12.1 Å². The number of carbonyl (C=O) groups is 4. The fourth-order valence-corrected chi connectivity index (χ4v) is 4.17. The number of rotatable bonds is 5. The number of anilines is 1. The fraction of sp³-hybridized carbons (Fsp3) is 0.333. The van der Waals surface area contributed by atoms with Crippen molar-refractivity contribution < 1.29 is 23.9 Å². The number of benzene rings is 2. The van der Waals surface area contributed by atoms with Gasteiger partial charge in [0.2, 0.25) is 0 Å². The van der Waals surface area contributed by atoms with E-state index in [0.29, 0.717) is 11.3 Å². The molecule has 0 aromatic heterocycles. The molecule has 0 saturated heterocycles. The van der Waals surface area contributed by atoms with Gasteiger partial charge in [-0.15, -0.1) is 0 Å². The Morgan fingerprint density at radius 3 is 2.45 bits per heavy atom. The molecule has 2 aliphatic rings. The highest BCUT2D eigenvalue weighted by Gasteiger charge is 2.40. The average molecular weight is 420 g/mol. The van der Waals surface area contributed by atoms with Gasteiger partial charge in [0.1, 0.15) is 0 Å². The van der Waals surface area contributed by atoms with Gasteiger partial charge in [-0.25, -0.2) is 4.79 Å². The van der Waals surface area contributed by atoms with Crippen molar-refractivity contribution in [2.24, 2.45) is 0 Å². The van der Waals surface area contributed by atoms with E-state index in [0.717, 1.165) is 37.7 Å². The van der Waals surface area contributed by atoms with Gasteiger partial charge in [0.15, 0.2) is 6.61 Å². The maximum atomic E-state index is 12.9. The monoisotopic (exact) mass is 420 g/mol. The summed E-state index contributed by atoms with van der Waals surface area (Å²) >= 11 is 0. The number of ether oxygens (including phenoxy) is 1. The molecule has 1 aliphatic heterocycles. The summed E-state index contributed by atoms with van der Waals surface area (Å²) < 4.78 is 5.11. The Kier molecular flexibility index (Phi) is 5.84. The van der Waals surface area contributed by atoms with Gasteiger partial charge in [0.05, 0.1) is 16.7 Å². The third-order valence-corrected chi connectivity index (χ3v) is 5.85. The first-order valence-electron chi connectivity index (χ1n) is 10.5. The summed E-state index contributed by atoms with van der Waals surface area (Å²) in [6.07, 6.45) is 4.75. The summed E-state index contributed by atoms with van der Waals surface area (Å²) in [5.41, 5.74) is 2.20. The molecular formula is C24H24N2O5. The smallest absolute Gasteiger partial charge is 0.338 e. The van der Waals surface area contributed by atoms with Gasteiger partial charge in [0.25, 0.3) is 17.7 Å². The van der Waals surface area contributed by atoms with E-state index in [4.69, 9.17) is 4.74 Å². The van der Waals surface area contributed by atoms with Crippen molar-refractivity contribution in [1.29, 1.82) is 0 Å². The number of hydrogen-bond acceptors (Lipinski definition) is 5. The number of amides is 3. The van der Waals surface area contributed by atoms with Crippen molar-refractivity contribution in [3.63, 3.8) is 0 Å². The molecule has 1 N–H and O–H groups in total. The van der Waals surface area contributed by atoms with Gasteiger partial charge in [-0.05, 0) is 49.6 Å². The number of hydrogen-bond donors (Lipinski definition) is 1. The maximum absolute atomic E-state index is 12.9. The molecule has 0 radical (unpaired) electrons. The van der Waals surface area contributed by atoms with Gasteiger partial charge in [0, 0.05) is 11.7 Å². The first-order valence-corrected chi connectivity index (χ1v) is 10.5. The second kappa shape index (κ2) is 8.71. The van der Waals surface area contributed by atoms with Crippen LogP contribution in [0.1, 0.15) is 68.7 Å².